The Kier molecular flexibility index (Phi) is 0.773. The molecule has 0 amide bonds. The number of aromatic nitrogens is 3. The van der Waals surface area contributed by atoms with Crippen molar-refractivity contribution in [3.05, 3.63) is 24.7 Å². The van der Waals surface area contributed by atoms with Gasteiger partial charge < -0.3 is 4.98 Å². The minimum atomic E-state index is 0.977. The fourth-order valence-corrected chi connectivity index (χ4v) is 0.742. The van der Waals surface area contributed by atoms with Crippen molar-refractivity contribution in [1.29, 1.82) is 0 Å². The number of fused-ring (bicyclic) bond motifs is 1. The maximum Gasteiger partial charge on any atom is 0.0737 e. The van der Waals surface area contributed by atoms with Crippen LogP contribution in [0.2, 0.25) is 0 Å². The van der Waals surface area contributed by atoms with Gasteiger partial charge in [-0.05, 0) is 6.07 Å². The second-order valence-corrected chi connectivity index (χ2v) is 1.77. The fourth-order valence-electron chi connectivity index (χ4n) is 0.742. The summed E-state index contributed by atoms with van der Waals surface area (Å²) in [6, 6.07) is 1.84. The summed E-state index contributed by atoms with van der Waals surface area (Å²) >= 11 is 0. The van der Waals surface area contributed by atoms with Gasteiger partial charge in [-0.3, -0.25) is 0 Å². The van der Waals surface area contributed by atoms with E-state index in [-0.39, 0.29) is 0 Å². The lowest BCUT2D eigenvalue weighted by atomic mass is 10.4. The van der Waals surface area contributed by atoms with Gasteiger partial charge in [0.25, 0.3) is 0 Å². The van der Waals surface area contributed by atoms with Gasteiger partial charge in [0.1, 0.15) is 0 Å². The molecule has 0 saturated heterocycles. The van der Waals surface area contributed by atoms with Crippen molar-refractivity contribution in [3.8, 4) is 0 Å². The lowest BCUT2D eigenvalue weighted by Crippen LogP contribution is -1.75. The molecule has 0 aliphatic heterocycles. The molecule has 0 fully saturated rings. The van der Waals surface area contributed by atoms with Gasteiger partial charge in [-0.2, -0.15) is 10.2 Å². The molecular formula is C6H4N3. The molecule has 0 aliphatic carbocycles. The van der Waals surface area contributed by atoms with Crippen molar-refractivity contribution < 1.29 is 0 Å². The van der Waals surface area contributed by atoms with Crippen LogP contribution >= 0.6 is 0 Å². The Hall–Kier alpha value is -1.38. The highest BCUT2D eigenvalue weighted by atomic mass is 15.1. The molecule has 2 rings (SSSR count). The van der Waals surface area contributed by atoms with Crippen molar-refractivity contribution in [2.45, 2.75) is 0 Å². The number of rotatable bonds is 0. The third-order valence-corrected chi connectivity index (χ3v) is 1.20. The Balaban J connectivity index is 2.95. The van der Waals surface area contributed by atoms with Crippen LogP contribution in [-0.2, 0) is 0 Å². The smallest absolute Gasteiger partial charge is 0.0737 e. The van der Waals surface area contributed by atoms with Crippen molar-refractivity contribution in [2.75, 3.05) is 0 Å². The van der Waals surface area contributed by atoms with E-state index in [0.717, 1.165) is 10.9 Å². The van der Waals surface area contributed by atoms with Crippen LogP contribution in [0.25, 0.3) is 10.9 Å². The molecule has 3 heteroatoms. The van der Waals surface area contributed by atoms with Gasteiger partial charge in [0.2, 0.25) is 0 Å². The maximum atomic E-state index is 3.70. The van der Waals surface area contributed by atoms with E-state index >= 15 is 0 Å². The van der Waals surface area contributed by atoms with Crippen LogP contribution in [0.15, 0.2) is 18.5 Å². The number of aromatic amines is 1. The van der Waals surface area contributed by atoms with Crippen molar-refractivity contribution in [2.24, 2.45) is 0 Å². The van der Waals surface area contributed by atoms with Gasteiger partial charge in [-0.1, -0.05) is 0 Å². The van der Waals surface area contributed by atoms with E-state index in [1.54, 1.807) is 12.4 Å². The zero-order valence-electron chi connectivity index (χ0n) is 4.63. The molecule has 1 N–H and O–H groups in total. The van der Waals surface area contributed by atoms with Crippen LogP contribution in [0.1, 0.15) is 0 Å². The highest BCUT2D eigenvalue weighted by Crippen LogP contribution is 2.05. The normalized spacial score (nSPS) is 10.2. The molecule has 0 atom stereocenters. The molecule has 0 aromatic carbocycles. The lowest BCUT2D eigenvalue weighted by molar-refractivity contribution is 1.05. The predicted molar refractivity (Wildman–Crippen MR) is 32.7 cm³/mol. The van der Waals surface area contributed by atoms with E-state index in [1.165, 1.54) is 0 Å². The zero-order chi connectivity index (χ0) is 6.10. The molecule has 3 nitrogen and oxygen atoms in total. The van der Waals surface area contributed by atoms with E-state index in [9.17, 15) is 0 Å². The van der Waals surface area contributed by atoms with E-state index in [1.807, 2.05) is 6.07 Å². The molecule has 1 radical (unpaired) electrons. The summed E-state index contributed by atoms with van der Waals surface area (Å²) in [6.07, 6.45) is 6.20. The SMILES string of the molecule is [c]1cc2cnncc2[nH]1. The number of nitrogens with one attached hydrogen (secondary N) is 1. The van der Waals surface area contributed by atoms with E-state index in [2.05, 4.69) is 21.4 Å². The van der Waals surface area contributed by atoms with Gasteiger partial charge in [-0.15, -0.1) is 0 Å². The molecule has 43 valence electrons. The molecule has 2 heterocycles. The van der Waals surface area contributed by atoms with Gasteiger partial charge >= 0.3 is 0 Å². The number of H-pyrrole nitrogens is 1. The maximum absolute atomic E-state index is 3.70. The average Bonchev–Trinajstić information content (AvgIpc) is 2.33. The first kappa shape index (κ1) is 4.49. The predicted octanol–water partition coefficient (Wildman–Crippen LogP) is 0.758. The van der Waals surface area contributed by atoms with Gasteiger partial charge in [0, 0.05) is 5.39 Å². The van der Waals surface area contributed by atoms with Gasteiger partial charge in [-0.25, -0.2) is 0 Å². The van der Waals surface area contributed by atoms with E-state index in [4.69, 9.17) is 0 Å². The molecule has 0 spiro atoms. The quantitative estimate of drug-likeness (QED) is 0.554. The van der Waals surface area contributed by atoms with Crippen LogP contribution < -0.4 is 0 Å². The summed E-state index contributed by atoms with van der Waals surface area (Å²) in [6.45, 7) is 0. The standard InChI is InChI=1S/C6H4N3/c1-2-7-6-4-9-8-3-5(1)6/h1,3-4,7H. The van der Waals surface area contributed by atoms with Crippen molar-refractivity contribution >= 4 is 10.9 Å². The highest BCUT2D eigenvalue weighted by molar-refractivity contribution is 5.76. The minimum Gasteiger partial charge on any atom is -0.352 e. The van der Waals surface area contributed by atoms with Gasteiger partial charge in [0.05, 0.1) is 24.1 Å². The van der Waals surface area contributed by atoms with Crippen LogP contribution in [0.4, 0.5) is 0 Å². The summed E-state index contributed by atoms with van der Waals surface area (Å²) in [7, 11) is 0. The first-order chi connectivity index (χ1) is 4.47. The summed E-state index contributed by atoms with van der Waals surface area (Å²) in [5.74, 6) is 0. The van der Waals surface area contributed by atoms with E-state index in [0.29, 0.717) is 0 Å². The first-order valence-corrected chi connectivity index (χ1v) is 2.62. The second kappa shape index (κ2) is 1.55. The highest BCUT2D eigenvalue weighted by Gasteiger charge is 1.89. The Morgan fingerprint density at radius 2 is 2.22 bits per heavy atom. The molecule has 0 saturated carbocycles. The number of hydrogen-bond donors (Lipinski definition) is 1. The third kappa shape index (κ3) is 0.579. The second-order valence-electron chi connectivity index (χ2n) is 1.77. The van der Waals surface area contributed by atoms with Crippen molar-refractivity contribution in [1.82, 2.24) is 15.2 Å². The Bertz CT molecular complexity index is 282. The molecule has 0 bridgehead atoms. The van der Waals surface area contributed by atoms with Crippen LogP contribution in [-0.4, -0.2) is 15.2 Å². The monoisotopic (exact) mass is 118 g/mol. The summed E-state index contributed by atoms with van der Waals surface area (Å²) < 4.78 is 0. The molecule has 0 aliphatic rings. The van der Waals surface area contributed by atoms with Crippen LogP contribution in [0, 0.1) is 6.20 Å². The molecule has 2 aromatic rings. The third-order valence-electron chi connectivity index (χ3n) is 1.20. The minimum absolute atomic E-state index is 0.977. The Labute approximate surface area is 51.7 Å². The lowest BCUT2D eigenvalue weighted by Gasteiger charge is -1.81. The summed E-state index contributed by atoms with van der Waals surface area (Å²) in [4.78, 5) is 2.89. The molecular weight excluding hydrogens is 114 g/mol. The average molecular weight is 118 g/mol. The molecule has 9 heavy (non-hydrogen) atoms. The van der Waals surface area contributed by atoms with Crippen molar-refractivity contribution in [3.63, 3.8) is 0 Å². The first-order valence-electron chi connectivity index (χ1n) is 2.62. The topological polar surface area (TPSA) is 41.6 Å². The number of nitrogens with zero attached hydrogens (tertiary/aromatic N) is 2. The fraction of sp³-hybridized carbons (Fsp3) is 0. The van der Waals surface area contributed by atoms with Crippen LogP contribution in [0.3, 0.4) is 0 Å². The molecule has 2 aromatic heterocycles. The number of hydrogen-bond acceptors (Lipinski definition) is 2. The summed E-state index contributed by atoms with van der Waals surface area (Å²) in [5, 5.41) is 8.43. The Morgan fingerprint density at radius 3 is 3.11 bits per heavy atom. The largest absolute Gasteiger partial charge is 0.352 e. The summed E-state index contributed by atoms with van der Waals surface area (Å²) in [5.41, 5.74) is 0.977. The van der Waals surface area contributed by atoms with Crippen LogP contribution in [0.5, 0.6) is 0 Å². The Morgan fingerprint density at radius 1 is 1.33 bits per heavy atom. The van der Waals surface area contributed by atoms with Gasteiger partial charge in [0.15, 0.2) is 0 Å². The molecule has 0 unspecified atom stereocenters. The van der Waals surface area contributed by atoms with E-state index < -0.39 is 0 Å². The zero-order valence-corrected chi connectivity index (χ0v) is 4.63.